The van der Waals surface area contributed by atoms with E-state index >= 15 is 0 Å². The van der Waals surface area contributed by atoms with Crippen LogP contribution in [0.5, 0.6) is 0 Å². The number of allylic oxidation sites excluding steroid dienone is 2. The van der Waals surface area contributed by atoms with Crippen LogP contribution in [0, 0.1) is 0 Å². The molecule has 5 heteroatoms. The van der Waals surface area contributed by atoms with E-state index in [1.807, 2.05) is 6.08 Å². The minimum absolute atomic E-state index is 0.118. The molecule has 0 aromatic heterocycles. The number of alkyl halides is 3. The standard InChI is InChI=1S/C14H14F3NO/c15-14(16,17)12-8-10(13(18)19)6-7-11(12)9-4-2-1-3-5-9/h4,6-8H,1-3,5H2,(H2,18,19). The Morgan fingerprint density at radius 1 is 1.21 bits per heavy atom. The minimum atomic E-state index is -4.49. The molecule has 0 saturated carbocycles. The van der Waals surface area contributed by atoms with Gasteiger partial charge in [-0.3, -0.25) is 4.79 Å². The Labute approximate surface area is 109 Å². The van der Waals surface area contributed by atoms with Gasteiger partial charge in [0.05, 0.1) is 5.56 Å². The second kappa shape index (κ2) is 5.07. The fourth-order valence-electron chi connectivity index (χ4n) is 2.29. The number of carbonyl (C=O) groups is 1. The monoisotopic (exact) mass is 269 g/mol. The van der Waals surface area contributed by atoms with Crippen LogP contribution in [0.3, 0.4) is 0 Å². The van der Waals surface area contributed by atoms with Crippen LogP contribution in [0.15, 0.2) is 24.3 Å². The summed E-state index contributed by atoms with van der Waals surface area (Å²) in [4.78, 5) is 11.0. The molecule has 2 nitrogen and oxygen atoms in total. The zero-order chi connectivity index (χ0) is 14.0. The quantitative estimate of drug-likeness (QED) is 0.872. The van der Waals surface area contributed by atoms with Crippen molar-refractivity contribution in [1.82, 2.24) is 0 Å². The summed E-state index contributed by atoms with van der Waals surface area (Å²) in [5.41, 5.74) is 5.00. The van der Waals surface area contributed by atoms with Crippen molar-refractivity contribution in [3.05, 3.63) is 41.0 Å². The minimum Gasteiger partial charge on any atom is -0.366 e. The van der Waals surface area contributed by atoms with Crippen molar-refractivity contribution >= 4 is 11.5 Å². The van der Waals surface area contributed by atoms with Crippen LogP contribution in [0.2, 0.25) is 0 Å². The van der Waals surface area contributed by atoms with Gasteiger partial charge in [0.2, 0.25) is 5.91 Å². The number of hydrogen-bond acceptors (Lipinski definition) is 1. The first-order valence-electron chi connectivity index (χ1n) is 6.10. The summed E-state index contributed by atoms with van der Waals surface area (Å²) in [6, 6.07) is 3.54. The molecular formula is C14H14F3NO. The number of amides is 1. The van der Waals surface area contributed by atoms with Crippen LogP contribution >= 0.6 is 0 Å². The summed E-state index contributed by atoms with van der Waals surface area (Å²) in [5, 5.41) is 0. The molecule has 0 aliphatic heterocycles. The maximum atomic E-state index is 13.1. The summed E-state index contributed by atoms with van der Waals surface area (Å²) >= 11 is 0. The predicted molar refractivity (Wildman–Crippen MR) is 66.4 cm³/mol. The van der Waals surface area contributed by atoms with E-state index in [0.29, 0.717) is 12.0 Å². The van der Waals surface area contributed by atoms with Crippen LogP contribution in [-0.4, -0.2) is 5.91 Å². The second-order valence-electron chi connectivity index (χ2n) is 4.60. The number of hydrogen-bond donors (Lipinski definition) is 1. The molecule has 0 saturated heterocycles. The molecule has 0 atom stereocenters. The molecule has 2 rings (SSSR count). The number of benzene rings is 1. The summed E-state index contributed by atoms with van der Waals surface area (Å²) in [7, 11) is 0. The van der Waals surface area contributed by atoms with Crippen LogP contribution in [-0.2, 0) is 6.18 Å². The molecule has 0 radical (unpaired) electrons. The van der Waals surface area contributed by atoms with Gasteiger partial charge in [-0.25, -0.2) is 0 Å². The van der Waals surface area contributed by atoms with Crippen molar-refractivity contribution in [2.24, 2.45) is 5.73 Å². The highest BCUT2D eigenvalue weighted by molar-refractivity contribution is 5.93. The van der Waals surface area contributed by atoms with Crippen molar-refractivity contribution in [3.63, 3.8) is 0 Å². The highest BCUT2D eigenvalue weighted by Crippen LogP contribution is 2.38. The van der Waals surface area contributed by atoms with E-state index in [-0.39, 0.29) is 11.1 Å². The first-order valence-corrected chi connectivity index (χ1v) is 6.10. The molecule has 102 valence electrons. The first-order chi connectivity index (χ1) is 8.89. The molecule has 0 heterocycles. The molecule has 0 spiro atoms. The third-order valence-electron chi connectivity index (χ3n) is 3.25. The molecule has 1 amide bonds. The Morgan fingerprint density at radius 2 is 1.95 bits per heavy atom. The lowest BCUT2D eigenvalue weighted by molar-refractivity contribution is -0.137. The van der Waals surface area contributed by atoms with Crippen LogP contribution in [0.25, 0.3) is 5.57 Å². The van der Waals surface area contributed by atoms with E-state index < -0.39 is 17.6 Å². The molecule has 19 heavy (non-hydrogen) atoms. The first kappa shape index (κ1) is 13.6. The second-order valence-corrected chi connectivity index (χ2v) is 4.60. The van der Waals surface area contributed by atoms with Gasteiger partial charge in [-0.05, 0) is 49.0 Å². The third-order valence-corrected chi connectivity index (χ3v) is 3.25. The summed E-state index contributed by atoms with van der Waals surface area (Å²) in [6.45, 7) is 0. The topological polar surface area (TPSA) is 43.1 Å². The lowest BCUT2D eigenvalue weighted by Crippen LogP contribution is -2.15. The highest BCUT2D eigenvalue weighted by atomic mass is 19.4. The zero-order valence-electron chi connectivity index (χ0n) is 10.3. The molecule has 1 aromatic carbocycles. The molecule has 2 N–H and O–H groups in total. The third kappa shape index (κ3) is 2.97. The average molecular weight is 269 g/mol. The van der Waals surface area contributed by atoms with E-state index in [2.05, 4.69) is 0 Å². The van der Waals surface area contributed by atoms with Crippen LogP contribution in [0.4, 0.5) is 13.2 Å². The van der Waals surface area contributed by atoms with Crippen molar-refractivity contribution in [2.75, 3.05) is 0 Å². The average Bonchev–Trinajstić information content (AvgIpc) is 2.38. The predicted octanol–water partition coefficient (Wildman–Crippen LogP) is 3.76. The normalized spacial score (nSPS) is 16.1. The van der Waals surface area contributed by atoms with Crippen molar-refractivity contribution in [2.45, 2.75) is 31.9 Å². The van der Waals surface area contributed by atoms with Crippen molar-refractivity contribution in [1.29, 1.82) is 0 Å². The molecule has 1 aliphatic rings. The maximum absolute atomic E-state index is 13.1. The van der Waals surface area contributed by atoms with Gasteiger partial charge in [0, 0.05) is 5.56 Å². The van der Waals surface area contributed by atoms with Gasteiger partial charge in [-0.15, -0.1) is 0 Å². The molecule has 1 aromatic rings. The summed E-state index contributed by atoms with van der Waals surface area (Å²) < 4.78 is 39.2. The maximum Gasteiger partial charge on any atom is 0.417 e. The number of halogens is 3. The zero-order valence-corrected chi connectivity index (χ0v) is 10.3. The lowest BCUT2D eigenvalue weighted by atomic mass is 9.89. The molecule has 0 unspecified atom stereocenters. The number of rotatable bonds is 2. The fourth-order valence-corrected chi connectivity index (χ4v) is 2.29. The highest BCUT2D eigenvalue weighted by Gasteiger charge is 2.34. The molecular weight excluding hydrogens is 255 g/mol. The van der Waals surface area contributed by atoms with E-state index in [1.165, 1.54) is 12.1 Å². The Morgan fingerprint density at radius 3 is 2.47 bits per heavy atom. The Bertz CT molecular complexity index is 532. The van der Waals surface area contributed by atoms with Gasteiger partial charge >= 0.3 is 6.18 Å². The van der Waals surface area contributed by atoms with Crippen LogP contribution < -0.4 is 5.73 Å². The summed E-state index contributed by atoms with van der Waals surface area (Å²) in [6.07, 6.45) is 0.686. The van der Waals surface area contributed by atoms with Crippen LogP contribution in [0.1, 0.15) is 47.2 Å². The SMILES string of the molecule is NC(=O)c1ccc(C2=CCCCC2)c(C(F)(F)F)c1. The Balaban J connectivity index is 2.54. The van der Waals surface area contributed by atoms with Gasteiger partial charge < -0.3 is 5.73 Å². The van der Waals surface area contributed by atoms with Gasteiger partial charge in [-0.1, -0.05) is 12.1 Å². The lowest BCUT2D eigenvalue weighted by Gasteiger charge is -2.18. The van der Waals surface area contributed by atoms with E-state index in [9.17, 15) is 18.0 Å². The van der Waals surface area contributed by atoms with Gasteiger partial charge in [-0.2, -0.15) is 13.2 Å². The Kier molecular flexibility index (Phi) is 3.64. The van der Waals surface area contributed by atoms with Crippen molar-refractivity contribution < 1.29 is 18.0 Å². The van der Waals surface area contributed by atoms with Gasteiger partial charge in [0.15, 0.2) is 0 Å². The molecule has 0 fully saturated rings. The van der Waals surface area contributed by atoms with E-state index in [0.717, 1.165) is 25.3 Å². The smallest absolute Gasteiger partial charge is 0.366 e. The fraction of sp³-hybridized carbons (Fsp3) is 0.357. The van der Waals surface area contributed by atoms with E-state index in [4.69, 9.17) is 5.73 Å². The van der Waals surface area contributed by atoms with Gasteiger partial charge in [0.25, 0.3) is 0 Å². The number of nitrogens with two attached hydrogens (primary N) is 1. The van der Waals surface area contributed by atoms with Gasteiger partial charge in [0.1, 0.15) is 0 Å². The molecule has 0 bridgehead atoms. The molecule has 1 aliphatic carbocycles. The van der Waals surface area contributed by atoms with E-state index in [1.54, 1.807) is 0 Å². The number of primary amides is 1. The number of carbonyl (C=O) groups excluding carboxylic acids is 1. The summed E-state index contributed by atoms with van der Waals surface area (Å²) in [5.74, 6) is -0.852. The Hall–Kier alpha value is -1.78. The van der Waals surface area contributed by atoms with Crippen molar-refractivity contribution in [3.8, 4) is 0 Å². The largest absolute Gasteiger partial charge is 0.417 e.